The average Bonchev–Trinajstić information content (AvgIpc) is 2.69. The molecule has 5 heteroatoms. The molecule has 0 aromatic carbocycles. The van der Waals surface area contributed by atoms with Crippen molar-refractivity contribution >= 4 is 11.9 Å². The van der Waals surface area contributed by atoms with E-state index in [2.05, 4.69) is 0 Å². The van der Waals surface area contributed by atoms with Crippen molar-refractivity contribution in [3.8, 4) is 0 Å². The first-order valence-electron chi connectivity index (χ1n) is 6.47. The van der Waals surface area contributed by atoms with E-state index in [0.717, 1.165) is 6.42 Å². The normalized spacial score (nSPS) is 26.2. The Kier molecular flexibility index (Phi) is 4.37. The summed E-state index contributed by atoms with van der Waals surface area (Å²) in [5.41, 5.74) is 5.58. The van der Waals surface area contributed by atoms with Crippen LogP contribution in [0.1, 0.15) is 40.5 Å². The van der Waals surface area contributed by atoms with Gasteiger partial charge in [-0.25, -0.2) is 4.79 Å². The number of amides is 1. The first kappa shape index (κ1) is 15.0. The zero-order valence-electron chi connectivity index (χ0n) is 11.6. The van der Waals surface area contributed by atoms with Crippen molar-refractivity contribution in [3.63, 3.8) is 0 Å². The number of carboxylic acids is 1. The number of nitrogens with two attached hydrogens (primary N) is 1. The van der Waals surface area contributed by atoms with Gasteiger partial charge in [0.2, 0.25) is 5.91 Å². The van der Waals surface area contributed by atoms with Gasteiger partial charge in [0.05, 0.1) is 6.04 Å². The summed E-state index contributed by atoms with van der Waals surface area (Å²) in [7, 11) is 0. The Balaban J connectivity index is 2.86. The number of aliphatic carboxylic acids is 1. The van der Waals surface area contributed by atoms with Gasteiger partial charge in [0.15, 0.2) is 0 Å². The minimum atomic E-state index is -0.930. The van der Waals surface area contributed by atoms with Crippen molar-refractivity contribution in [2.75, 3.05) is 6.54 Å². The van der Waals surface area contributed by atoms with E-state index in [1.165, 1.54) is 4.90 Å². The topological polar surface area (TPSA) is 83.6 Å². The van der Waals surface area contributed by atoms with Gasteiger partial charge in [-0.05, 0) is 17.8 Å². The molecule has 1 amide bonds. The van der Waals surface area contributed by atoms with Gasteiger partial charge in [0.1, 0.15) is 6.04 Å². The minimum Gasteiger partial charge on any atom is -0.480 e. The molecule has 1 saturated heterocycles. The molecule has 0 aliphatic carbocycles. The third-order valence-corrected chi connectivity index (χ3v) is 3.73. The van der Waals surface area contributed by atoms with E-state index in [1.807, 2.05) is 27.7 Å². The number of carbonyl (C=O) groups excluding carboxylic acids is 1. The van der Waals surface area contributed by atoms with Crippen molar-refractivity contribution in [1.82, 2.24) is 4.90 Å². The van der Waals surface area contributed by atoms with Crippen LogP contribution in [0.25, 0.3) is 0 Å². The van der Waals surface area contributed by atoms with E-state index in [9.17, 15) is 14.7 Å². The Morgan fingerprint density at radius 2 is 2.00 bits per heavy atom. The van der Waals surface area contributed by atoms with Crippen LogP contribution in [0.5, 0.6) is 0 Å². The Morgan fingerprint density at radius 3 is 2.39 bits per heavy atom. The Labute approximate surface area is 108 Å². The standard InChI is InChI=1S/C13H24N2O3/c1-5-8-6-9(12(17)18)15(7-8)11(16)10(14)13(2,3)4/h8-10H,5-7,14H2,1-4H3,(H,17,18)/t8?,9-,10?/m0/s1. The predicted octanol–water partition coefficient (Wildman–Crippen LogP) is 1.07. The van der Waals surface area contributed by atoms with Gasteiger partial charge in [0, 0.05) is 6.54 Å². The second-order valence-electron chi connectivity index (χ2n) is 6.20. The van der Waals surface area contributed by atoms with Crippen LogP contribution in [0.15, 0.2) is 0 Å². The molecule has 5 nitrogen and oxygen atoms in total. The molecule has 1 heterocycles. The maximum atomic E-state index is 12.3. The van der Waals surface area contributed by atoms with Gasteiger partial charge in [-0.15, -0.1) is 0 Å². The second kappa shape index (κ2) is 5.26. The Hall–Kier alpha value is -1.10. The van der Waals surface area contributed by atoms with Gasteiger partial charge in [0.25, 0.3) is 0 Å². The molecule has 1 aliphatic rings. The summed E-state index contributed by atoms with van der Waals surface area (Å²) in [6.07, 6.45) is 1.42. The molecule has 0 bridgehead atoms. The number of hydrogen-bond acceptors (Lipinski definition) is 3. The molecule has 1 rings (SSSR count). The van der Waals surface area contributed by atoms with Gasteiger partial charge >= 0.3 is 5.97 Å². The highest BCUT2D eigenvalue weighted by Gasteiger charge is 2.42. The molecule has 2 unspecified atom stereocenters. The van der Waals surface area contributed by atoms with E-state index >= 15 is 0 Å². The van der Waals surface area contributed by atoms with Crippen molar-refractivity contribution in [1.29, 1.82) is 0 Å². The lowest BCUT2D eigenvalue weighted by atomic mass is 9.86. The molecule has 0 aromatic heterocycles. The number of carbonyl (C=O) groups is 2. The first-order chi connectivity index (χ1) is 8.18. The molecule has 3 N–H and O–H groups in total. The predicted molar refractivity (Wildman–Crippen MR) is 69.0 cm³/mol. The van der Waals surface area contributed by atoms with E-state index in [0.29, 0.717) is 13.0 Å². The lowest BCUT2D eigenvalue weighted by Gasteiger charge is -2.31. The maximum absolute atomic E-state index is 12.3. The largest absolute Gasteiger partial charge is 0.480 e. The highest BCUT2D eigenvalue weighted by atomic mass is 16.4. The Morgan fingerprint density at radius 1 is 1.44 bits per heavy atom. The molecule has 0 spiro atoms. The molecule has 0 radical (unpaired) electrons. The van der Waals surface area contributed by atoms with Crippen LogP contribution in [0, 0.1) is 11.3 Å². The number of hydrogen-bond donors (Lipinski definition) is 2. The average molecular weight is 256 g/mol. The number of carboxylic acid groups (broad SMARTS) is 1. The Bertz CT molecular complexity index is 336. The van der Waals surface area contributed by atoms with E-state index < -0.39 is 18.1 Å². The van der Waals surface area contributed by atoms with E-state index in [1.54, 1.807) is 0 Å². The molecule has 1 fully saturated rings. The first-order valence-corrected chi connectivity index (χ1v) is 6.47. The lowest BCUT2D eigenvalue weighted by Crippen LogP contribution is -2.53. The summed E-state index contributed by atoms with van der Waals surface area (Å²) < 4.78 is 0. The third kappa shape index (κ3) is 3.02. The summed E-state index contributed by atoms with van der Waals surface area (Å²) >= 11 is 0. The van der Waals surface area contributed by atoms with Crippen LogP contribution in [-0.4, -0.2) is 40.5 Å². The molecule has 0 aromatic rings. The highest BCUT2D eigenvalue weighted by molar-refractivity contribution is 5.88. The maximum Gasteiger partial charge on any atom is 0.326 e. The van der Waals surface area contributed by atoms with Gasteiger partial charge in [-0.3, -0.25) is 4.79 Å². The zero-order valence-corrected chi connectivity index (χ0v) is 11.6. The van der Waals surface area contributed by atoms with Crippen LogP contribution in [0.2, 0.25) is 0 Å². The van der Waals surface area contributed by atoms with E-state index in [-0.39, 0.29) is 17.2 Å². The van der Waals surface area contributed by atoms with Gasteiger partial charge < -0.3 is 15.7 Å². The van der Waals surface area contributed by atoms with Crippen molar-refractivity contribution in [3.05, 3.63) is 0 Å². The summed E-state index contributed by atoms with van der Waals surface area (Å²) in [5, 5.41) is 9.20. The highest BCUT2D eigenvalue weighted by Crippen LogP contribution is 2.28. The fraction of sp³-hybridized carbons (Fsp3) is 0.846. The molecular weight excluding hydrogens is 232 g/mol. The SMILES string of the molecule is CCC1C[C@@H](C(=O)O)N(C(=O)C(N)C(C)(C)C)C1. The number of nitrogens with zero attached hydrogens (tertiary/aromatic N) is 1. The van der Waals surface area contributed by atoms with Crippen LogP contribution < -0.4 is 5.73 Å². The van der Waals surface area contributed by atoms with Crippen molar-refractivity contribution in [2.45, 2.75) is 52.6 Å². The smallest absolute Gasteiger partial charge is 0.326 e. The molecule has 104 valence electrons. The summed E-state index contributed by atoms with van der Waals surface area (Å²) in [5.74, 6) is -0.909. The monoisotopic (exact) mass is 256 g/mol. The summed E-state index contributed by atoms with van der Waals surface area (Å²) in [6, 6.07) is -1.37. The minimum absolute atomic E-state index is 0.245. The van der Waals surface area contributed by atoms with Crippen LogP contribution in [0.3, 0.4) is 0 Å². The fourth-order valence-electron chi connectivity index (χ4n) is 2.25. The fourth-order valence-corrected chi connectivity index (χ4v) is 2.25. The van der Waals surface area contributed by atoms with Crippen LogP contribution >= 0.6 is 0 Å². The number of rotatable bonds is 3. The van der Waals surface area contributed by atoms with Gasteiger partial charge in [-0.1, -0.05) is 34.1 Å². The molecule has 0 saturated carbocycles. The van der Waals surface area contributed by atoms with Crippen LogP contribution in [-0.2, 0) is 9.59 Å². The quantitative estimate of drug-likeness (QED) is 0.791. The molecule has 3 atom stereocenters. The van der Waals surface area contributed by atoms with Crippen LogP contribution in [0.4, 0.5) is 0 Å². The second-order valence-corrected chi connectivity index (χ2v) is 6.20. The van der Waals surface area contributed by atoms with Crippen molar-refractivity contribution < 1.29 is 14.7 Å². The zero-order chi connectivity index (χ0) is 14.1. The lowest BCUT2D eigenvalue weighted by molar-refractivity contribution is -0.149. The summed E-state index contributed by atoms with van der Waals surface area (Å²) in [6.45, 7) is 8.19. The molecule has 18 heavy (non-hydrogen) atoms. The molecular formula is C13H24N2O3. The number of likely N-dealkylation sites (tertiary alicyclic amines) is 1. The summed E-state index contributed by atoms with van der Waals surface area (Å²) in [4.78, 5) is 25.0. The van der Waals surface area contributed by atoms with Crippen molar-refractivity contribution in [2.24, 2.45) is 17.1 Å². The third-order valence-electron chi connectivity index (χ3n) is 3.73. The molecule has 1 aliphatic heterocycles. The van der Waals surface area contributed by atoms with Gasteiger partial charge in [-0.2, -0.15) is 0 Å². The van der Waals surface area contributed by atoms with E-state index in [4.69, 9.17) is 5.73 Å².